The molecule has 0 N–H and O–H groups in total. The molecule has 0 radical (unpaired) electrons. The van der Waals surface area contributed by atoms with Crippen LogP contribution in [-0.2, 0) is 33.0 Å². The van der Waals surface area contributed by atoms with Gasteiger partial charge in [0.05, 0.1) is 23.4 Å². The lowest BCUT2D eigenvalue weighted by molar-refractivity contribution is -0.268. The number of hydrogen-bond donors (Lipinski definition) is 0. The first-order valence-electron chi connectivity index (χ1n) is 13.3. The lowest BCUT2D eigenvalue weighted by Crippen LogP contribution is -2.58. The summed E-state index contributed by atoms with van der Waals surface area (Å²) in [6, 6.07) is 0.00980. The van der Waals surface area contributed by atoms with Gasteiger partial charge in [-0.15, -0.1) is 6.58 Å². The van der Waals surface area contributed by atoms with Gasteiger partial charge in [0.1, 0.15) is 11.4 Å². The van der Waals surface area contributed by atoms with Crippen LogP contribution >= 0.6 is 8.46 Å². The molecule has 0 aromatic carbocycles. The quantitative estimate of drug-likeness (QED) is 0.166. The molecule has 2 heterocycles. The normalized spacial score (nSPS) is 30.3. The van der Waals surface area contributed by atoms with Gasteiger partial charge in [-0.1, -0.05) is 33.3 Å². The Balaban J connectivity index is 2.65. The van der Waals surface area contributed by atoms with Crippen LogP contribution in [0.3, 0.4) is 0 Å². The average Bonchev–Trinajstić information content (AvgIpc) is 2.83. The van der Waals surface area contributed by atoms with Crippen molar-refractivity contribution in [1.29, 1.82) is 0 Å². The number of nitrogens with zero attached hydrogens (tertiary/aromatic N) is 1. The highest BCUT2D eigenvalue weighted by atomic mass is 31.1. The van der Waals surface area contributed by atoms with Gasteiger partial charge in [-0.3, -0.25) is 4.57 Å². The number of methoxy groups -OCH3 is 1. The minimum atomic E-state index is -1.11. The summed E-state index contributed by atoms with van der Waals surface area (Å²) in [7, 11) is 5.60. The first-order chi connectivity index (χ1) is 17.3. The lowest BCUT2D eigenvalue weighted by Gasteiger charge is -2.48. The fourth-order valence-corrected chi connectivity index (χ4v) is 6.30. The minimum Gasteiger partial charge on any atom is -0.456 e. The van der Waals surface area contributed by atoms with E-state index in [0.29, 0.717) is 30.1 Å². The minimum absolute atomic E-state index is 0.00980. The number of carbonyl (C=O) groups excluding carboxylic acids is 1. The highest BCUT2D eigenvalue weighted by molar-refractivity contribution is 7.24. The predicted octanol–water partition coefficient (Wildman–Crippen LogP) is 5.71. The molecule has 9 heteroatoms. The van der Waals surface area contributed by atoms with Crippen molar-refractivity contribution >= 4 is 14.4 Å². The van der Waals surface area contributed by atoms with Crippen molar-refractivity contribution in [3.8, 4) is 0 Å². The summed E-state index contributed by atoms with van der Waals surface area (Å²) in [5.41, 5.74) is -0.789. The standard InChI is InChI=1S/C28H48NO7P/c1-12-14-28(32-11,16-17(3)13-2)24(19(5)22-20(6)25(30)36-27(7,8)35-22)34-26-23(37-31)21(29(9)10)15-18(4)33-26/h12,17-19,21,23-24,26H,1,13-16H2,2-11H3/t17-,18+,19+,21?,23+,24+,26-,28+/m0/s1. The van der Waals surface area contributed by atoms with Crippen LogP contribution in [0.5, 0.6) is 0 Å². The van der Waals surface area contributed by atoms with E-state index in [2.05, 4.69) is 25.3 Å². The van der Waals surface area contributed by atoms with Gasteiger partial charge in [-0.2, -0.15) is 0 Å². The van der Waals surface area contributed by atoms with Crippen molar-refractivity contribution in [2.24, 2.45) is 11.8 Å². The maximum absolute atomic E-state index is 12.7. The van der Waals surface area contributed by atoms with Crippen LogP contribution < -0.4 is 0 Å². The number of esters is 1. The van der Waals surface area contributed by atoms with Gasteiger partial charge in [0, 0.05) is 32.9 Å². The summed E-state index contributed by atoms with van der Waals surface area (Å²) >= 11 is 0. The Hall–Kier alpha value is -1.31. The van der Waals surface area contributed by atoms with Crippen molar-refractivity contribution < 1.29 is 33.0 Å². The third-order valence-corrected chi connectivity index (χ3v) is 8.55. The number of carbonyl (C=O) groups is 1. The molecule has 1 fully saturated rings. The second kappa shape index (κ2) is 13.2. The van der Waals surface area contributed by atoms with Gasteiger partial charge in [-0.05, 0) is 53.1 Å². The van der Waals surface area contributed by atoms with Crippen LogP contribution in [0.1, 0.15) is 74.1 Å². The van der Waals surface area contributed by atoms with Crippen LogP contribution in [-0.4, -0.2) is 73.7 Å². The molecule has 8 nitrogen and oxygen atoms in total. The molecular formula is C28H48NO7P. The van der Waals surface area contributed by atoms with Crippen LogP contribution in [0.4, 0.5) is 0 Å². The molecule has 0 aromatic heterocycles. The summed E-state index contributed by atoms with van der Waals surface area (Å²) in [5, 5.41) is 0. The molecule has 37 heavy (non-hydrogen) atoms. The molecule has 2 aliphatic rings. The zero-order valence-electron chi connectivity index (χ0n) is 24.4. The first-order valence-corrected chi connectivity index (χ1v) is 14.2. The van der Waals surface area contributed by atoms with E-state index in [4.69, 9.17) is 23.7 Å². The van der Waals surface area contributed by atoms with E-state index < -0.39 is 41.3 Å². The van der Waals surface area contributed by atoms with Crippen molar-refractivity contribution in [3.63, 3.8) is 0 Å². The number of hydrogen-bond acceptors (Lipinski definition) is 8. The van der Waals surface area contributed by atoms with Gasteiger partial charge in [0.25, 0.3) is 0 Å². The average molecular weight is 542 g/mol. The molecule has 0 saturated carbocycles. The fraction of sp³-hybridized carbons (Fsp3) is 0.821. The monoisotopic (exact) mass is 541 g/mol. The molecule has 0 bridgehead atoms. The van der Waals surface area contributed by atoms with Crippen molar-refractivity contribution in [3.05, 3.63) is 24.0 Å². The Morgan fingerprint density at radius 1 is 1.30 bits per heavy atom. The molecule has 212 valence electrons. The smallest absolute Gasteiger partial charge is 0.340 e. The molecule has 0 amide bonds. The Labute approximate surface area is 225 Å². The lowest BCUT2D eigenvalue weighted by atomic mass is 9.77. The second-order valence-corrected chi connectivity index (χ2v) is 12.2. The Morgan fingerprint density at radius 3 is 2.46 bits per heavy atom. The molecule has 8 atom stereocenters. The van der Waals surface area contributed by atoms with Gasteiger partial charge < -0.3 is 28.6 Å². The molecule has 2 aliphatic heterocycles. The van der Waals surface area contributed by atoms with E-state index in [1.54, 1.807) is 27.9 Å². The largest absolute Gasteiger partial charge is 0.456 e. The Morgan fingerprint density at radius 2 is 1.95 bits per heavy atom. The maximum Gasteiger partial charge on any atom is 0.340 e. The molecule has 0 aromatic rings. The second-order valence-electron chi connectivity index (χ2n) is 11.4. The fourth-order valence-electron chi connectivity index (χ4n) is 5.53. The van der Waals surface area contributed by atoms with E-state index in [-0.39, 0.29) is 20.6 Å². The molecule has 1 saturated heterocycles. The van der Waals surface area contributed by atoms with E-state index in [9.17, 15) is 9.36 Å². The summed E-state index contributed by atoms with van der Waals surface area (Å²) < 4.78 is 43.6. The van der Waals surface area contributed by atoms with E-state index in [1.807, 2.05) is 34.0 Å². The Bertz CT molecular complexity index is 844. The van der Waals surface area contributed by atoms with Crippen molar-refractivity contribution in [1.82, 2.24) is 4.90 Å². The van der Waals surface area contributed by atoms with E-state index in [0.717, 1.165) is 12.8 Å². The predicted molar refractivity (Wildman–Crippen MR) is 144 cm³/mol. The third-order valence-electron chi connectivity index (χ3n) is 7.72. The summed E-state index contributed by atoms with van der Waals surface area (Å²) in [4.78, 5) is 14.8. The van der Waals surface area contributed by atoms with Crippen LogP contribution in [0.15, 0.2) is 24.0 Å². The van der Waals surface area contributed by atoms with E-state index in [1.165, 1.54) is 0 Å². The number of ether oxygens (including phenoxy) is 5. The number of cyclic esters (lactones) is 1. The summed E-state index contributed by atoms with van der Waals surface area (Å²) in [6.45, 7) is 17.5. The van der Waals surface area contributed by atoms with Crippen molar-refractivity contribution in [2.45, 2.75) is 116 Å². The van der Waals surface area contributed by atoms with Crippen LogP contribution in [0.25, 0.3) is 0 Å². The van der Waals surface area contributed by atoms with Crippen molar-refractivity contribution in [2.75, 3.05) is 21.2 Å². The van der Waals surface area contributed by atoms with Gasteiger partial charge in [0.15, 0.2) is 14.8 Å². The number of rotatable bonds is 13. The molecule has 2 rings (SSSR count). The summed E-state index contributed by atoms with van der Waals surface area (Å²) in [6.07, 6.45) is 3.33. The van der Waals surface area contributed by atoms with Gasteiger partial charge >= 0.3 is 5.97 Å². The molecule has 0 spiro atoms. The van der Waals surface area contributed by atoms with Gasteiger partial charge in [-0.25, -0.2) is 4.79 Å². The third kappa shape index (κ3) is 7.42. The van der Waals surface area contributed by atoms with Crippen LogP contribution in [0, 0.1) is 11.8 Å². The van der Waals surface area contributed by atoms with Crippen LogP contribution in [0.2, 0.25) is 0 Å². The first kappa shape index (κ1) is 31.9. The molecule has 1 unspecified atom stereocenters. The topological polar surface area (TPSA) is 83.5 Å². The zero-order chi connectivity index (χ0) is 28.1. The zero-order valence-corrected chi connectivity index (χ0v) is 25.3. The van der Waals surface area contributed by atoms with Gasteiger partial charge in [0.2, 0.25) is 5.79 Å². The molecular weight excluding hydrogens is 493 g/mol. The maximum atomic E-state index is 12.7. The molecule has 0 aliphatic carbocycles. The summed E-state index contributed by atoms with van der Waals surface area (Å²) in [5.74, 6) is -1.10. The Kier molecular flexibility index (Phi) is 11.4. The SMILES string of the molecule is C=CC[C@](C[C@@H](C)CC)(OC)[C@H](O[C@@H]1O[C@H](C)CC(N(C)C)[C@H]1P=O)[C@H](C)C1=C(C)C(=O)OC(C)(C)O1. The highest BCUT2D eigenvalue weighted by Gasteiger charge is 2.51. The highest BCUT2D eigenvalue weighted by Crippen LogP contribution is 2.43. The van der Waals surface area contributed by atoms with E-state index >= 15 is 0 Å².